The van der Waals surface area contributed by atoms with Crippen molar-refractivity contribution in [2.75, 3.05) is 13.1 Å². The van der Waals surface area contributed by atoms with Crippen molar-refractivity contribution < 1.29 is 4.79 Å². The number of nitrogens with zero attached hydrogens (tertiary/aromatic N) is 5. The molecular formula is C17H23N5O. The molecule has 1 saturated heterocycles. The van der Waals surface area contributed by atoms with Crippen LogP contribution in [0.5, 0.6) is 0 Å². The molecule has 1 amide bonds. The van der Waals surface area contributed by atoms with E-state index in [0.717, 1.165) is 55.8 Å². The number of carbonyl (C=O) groups excluding carboxylic acids is 1. The van der Waals surface area contributed by atoms with E-state index in [4.69, 9.17) is 0 Å². The molecule has 0 spiro atoms. The molecule has 2 aromatic heterocycles. The van der Waals surface area contributed by atoms with E-state index in [0.29, 0.717) is 0 Å². The van der Waals surface area contributed by atoms with Crippen LogP contribution in [-0.2, 0) is 11.3 Å². The van der Waals surface area contributed by atoms with Gasteiger partial charge in [-0.15, -0.1) is 0 Å². The Balaban J connectivity index is 1.72. The van der Waals surface area contributed by atoms with E-state index >= 15 is 0 Å². The molecule has 0 aromatic carbocycles. The number of piperidine rings is 1. The van der Waals surface area contributed by atoms with Gasteiger partial charge in [0.05, 0.1) is 23.8 Å². The summed E-state index contributed by atoms with van der Waals surface area (Å²) in [6.07, 6.45) is 10.6. The van der Waals surface area contributed by atoms with Crippen LogP contribution in [0.15, 0.2) is 24.8 Å². The zero-order valence-electron chi connectivity index (χ0n) is 13.8. The molecule has 122 valence electrons. The number of hydrogen-bond donors (Lipinski definition) is 0. The third kappa shape index (κ3) is 3.57. The van der Waals surface area contributed by atoms with Gasteiger partial charge in [-0.1, -0.05) is 6.92 Å². The van der Waals surface area contributed by atoms with Crippen LogP contribution in [0.25, 0.3) is 11.3 Å². The normalized spacial score (nSPS) is 18.2. The number of aromatic nitrogens is 4. The van der Waals surface area contributed by atoms with Gasteiger partial charge in [-0.2, -0.15) is 5.10 Å². The average Bonchev–Trinajstić information content (AvgIpc) is 3.04. The molecule has 1 aliphatic heterocycles. The Hall–Kier alpha value is -2.24. The van der Waals surface area contributed by atoms with Crippen molar-refractivity contribution in [1.82, 2.24) is 24.6 Å². The molecule has 6 nitrogen and oxygen atoms in total. The van der Waals surface area contributed by atoms with E-state index in [1.165, 1.54) is 0 Å². The average molecular weight is 313 g/mol. The standard InChI is InChI=1S/C17H23N5O/c1-3-6-22-12-15(8-20-22)17-10-18-16(9-19-17)14-5-4-7-21(11-14)13(2)23/h8-10,12,14H,3-7,11H2,1-2H3/t14-/m0/s1. The van der Waals surface area contributed by atoms with Gasteiger partial charge in [0, 0.05) is 50.4 Å². The Morgan fingerprint density at radius 3 is 2.87 bits per heavy atom. The molecule has 2 aromatic rings. The van der Waals surface area contributed by atoms with Crippen molar-refractivity contribution in [1.29, 1.82) is 0 Å². The lowest BCUT2D eigenvalue weighted by Gasteiger charge is -2.31. The lowest BCUT2D eigenvalue weighted by molar-refractivity contribution is -0.130. The highest BCUT2D eigenvalue weighted by Gasteiger charge is 2.24. The van der Waals surface area contributed by atoms with Gasteiger partial charge >= 0.3 is 0 Å². The molecule has 0 bridgehead atoms. The zero-order valence-corrected chi connectivity index (χ0v) is 13.8. The predicted octanol–water partition coefficient (Wildman–Crippen LogP) is 2.48. The summed E-state index contributed by atoms with van der Waals surface area (Å²) in [7, 11) is 0. The van der Waals surface area contributed by atoms with Crippen LogP contribution in [0.2, 0.25) is 0 Å². The lowest BCUT2D eigenvalue weighted by atomic mass is 9.95. The monoisotopic (exact) mass is 313 g/mol. The second kappa shape index (κ2) is 6.89. The minimum atomic E-state index is 0.141. The van der Waals surface area contributed by atoms with Crippen LogP contribution in [0, 0.1) is 0 Å². The predicted molar refractivity (Wildman–Crippen MR) is 87.8 cm³/mol. The van der Waals surface area contributed by atoms with E-state index in [-0.39, 0.29) is 11.8 Å². The molecule has 0 radical (unpaired) electrons. The van der Waals surface area contributed by atoms with Gasteiger partial charge in [-0.25, -0.2) is 0 Å². The summed E-state index contributed by atoms with van der Waals surface area (Å²) in [6, 6.07) is 0. The molecule has 0 unspecified atom stereocenters. The van der Waals surface area contributed by atoms with Gasteiger partial charge < -0.3 is 4.90 Å². The first-order valence-electron chi connectivity index (χ1n) is 8.27. The van der Waals surface area contributed by atoms with Crippen molar-refractivity contribution in [3.63, 3.8) is 0 Å². The maximum Gasteiger partial charge on any atom is 0.219 e. The number of likely N-dealkylation sites (tertiary alicyclic amines) is 1. The SMILES string of the molecule is CCCn1cc(-c2cnc([C@H]3CCCN(C(C)=O)C3)cn2)cn1. The second-order valence-electron chi connectivity index (χ2n) is 6.12. The van der Waals surface area contributed by atoms with Gasteiger partial charge in [-0.05, 0) is 19.3 Å². The largest absolute Gasteiger partial charge is 0.342 e. The van der Waals surface area contributed by atoms with E-state index in [1.807, 2.05) is 34.4 Å². The number of amides is 1. The Bertz CT molecular complexity index is 664. The summed E-state index contributed by atoms with van der Waals surface area (Å²) in [4.78, 5) is 22.6. The molecule has 0 aliphatic carbocycles. The van der Waals surface area contributed by atoms with E-state index in [1.54, 1.807) is 6.92 Å². The van der Waals surface area contributed by atoms with Gasteiger partial charge in [0.15, 0.2) is 0 Å². The first kappa shape index (κ1) is 15.6. The Labute approximate surface area is 136 Å². The highest BCUT2D eigenvalue weighted by atomic mass is 16.2. The molecule has 1 atom stereocenters. The van der Waals surface area contributed by atoms with Crippen LogP contribution in [-0.4, -0.2) is 43.6 Å². The number of carbonyl (C=O) groups is 1. The Morgan fingerprint density at radius 1 is 1.30 bits per heavy atom. The van der Waals surface area contributed by atoms with Crippen LogP contribution in [0.4, 0.5) is 0 Å². The van der Waals surface area contributed by atoms with Crippen LogP contribution < -0.4 is 0 Å². The number of rotatable bonds is 4. The summed E-state index contributed by atoms with van der Waals surface area (Å²) in [5.41, 5.74) is 2.81. The van der Waals surface area contributed by atoms with Crippen molar-refractivity contribution in [2.45, 2.75) is 45.6 Å². The first-order valence-corrected chi connectivity index (χ1v) is 8.27. The molecule has 1 aliphatic rings. The molecule has 3 rings (SSSR count). The van der Waals surface area contributed by atoms with E-state index < -0.39 is 0 Å². The van der Waals surface area contributed by atoms with Crippen molar-refractivity contribution >= 4 is 5.91 Å². The second-order valence-corrected chi connectivity index (χ2v) is 6.12. The van der Waals surface area contributed by atoms with Gasteiger partial charge in [0.2, 0.25) is 5.91 Å². The fourth-order valence-corrected chi connectivity index (χ4v) is 3.05. The fourth-order valence-electron chi connectivity index (χ4n) is 3.05. The van der Waals surface area contributed by atoms with Crippen LogP contribution in [0.1, 0.15) is 44.7 Å². The zero-order chi connectivity index (χ0) is 16.2. The summed E-state index contributed by atoms with van der Waals surface area (Å²) in [6.45, 7) is 6.27. The summed E-state index contributed by atoms with van der Waals surface area (Å²) in [5, 5.41) is 4.33. The number of hydrogen-bond acceptors (Lipinski definition) is 4. The minimum absolute atomic E-state index is 0.141. The molecule has 0 saturated carbocycles. The van der Waals surface area contributed by atoms with E-state index in [9.17, 15) is 4.79 Å². The van der Waals surface area contributed by atoms with Crippen molar-refractivity contribution in [3.8, 4) is 11.3 Å². The highest BCUT2D eigenvalue weighted by molar-refractivity contribution is 5.73. The number of aryl methyl sites for hydroxylation is 1. The molecule has 0 N–H and O–H groups in total. The summed E-state index contributed by atoms with van der Waals surface area (Å²) < 4.78 is 1.93. The van der Waals surface area contributed by atoms with Gasteiger partial charge in [0.25, 0.3) is 0 Å². The maximum absolute atomic E-state index is 11.6. The minimum Gasteiger partial charge on any atom is -0.342 e. The van der Waals surface area contributed by atoms with Crippen molar-refractivity contribution in [2.24, 2.45) is 0 Å². The lowest BCUT2D eigenvalue weighted by Crippen LogP contribution is -2.37. The highest BCUT2D eigenvalue weighted by Crippen LogP contribution is 2.26. The molecule has 1 fully saturated rings. The Morgan fingerprint density at radius 2 is 2.17 bits per heavy atom. The van der Waals surface area contributed by atoms with E-state index in [2.05, 4.69) is 22.0 Å². The smallest absolute Gasteiger partial charge is 0.219 e. The quantitative estimate of drug-likeness (QED) is 0.870. The Kier molecular flexibility index (Phi) is 4.69. The van der Waals surface area contributed by atoms with Gasteiger partial charge in [0.1, 0.15) is 0 Å². The molecule has 23 heavy (non-hydrogen) atoms. The molecular weight excluding hydrogens is 290 g/mol. The summed E-state index contributed by atoms with van der Waals surface area (Å²) >= 11 is 0. The molecule has 3 heterocycles. The van der Waals surface area contributed by atoms with Crippen LogP contribution >= 0.6 is 0 Å². The maximum atomic E-state index is 11.6. The topological polar surface area (TPSA) is 63.9 Å². The van der Waals surface area contributed by atoms with Gasteiger partial charge in [-0.3, -0.25) is 19.4 Å². The summed E-state index contributed by atoms with van der Waals surface area (Å²) in [5.74, 6) is 0.430. The fraction of sp³-hybridized carbons (Fsp3) is 0.529. The molecule has 6 heteroatoms. The third-order valence-corrected chi connectivity index (χ3v) is 4.34. The first-order chi connectivity index (χ1) is 11.2. The van der Waals surface area contributed by atoms with Crippen LogP contribution in [0.3, 0.4) is 0 Å². The third-order valence-electron chi connectivity index (χ3n) is 4.34. The van der Waals surface area contributed by atoms with Crippen molar-refractivity contribution in [3.05, 3.63) is 30.5 Å².